The molecule has 0 aliphatic carbocycles. The third-order valence-corrected chi connectivity index (χ3v) is 3.96. The zero-order chi connectivity index (χ0) is 15.3. The minimum absolute atomic E-state index is 0.0759. The van der Waals surface area contributed by atoms with E-state index < -0.39 is 10.0 Å². The monoisotopic (exact) mass is 320 g/mol. The van der Waals surface area contributed by atoms with E-state index in [0.29, 0.717) is 6.54 Å². The largest absolute Gasteiger partial charge is 0.495 e. The van der Waals surface area contributed by atoms with Crippen LogP contribution in [0, 0.1) is 0 Å². The molecule has 1 amide bonds. The third kappa shape index (κ3) is 4.36. The van der Waals surface area contributed by atoms with Crippen LogP contribution in [-0.4, -0.2) is 33.9 Å². The number of ether oxygens (including phenoxy) is 1. The predicted molar refractivity (Wildman–Crippen MR) is 76.5 cm³/mol. The van der Waals surface area contributed by atoms with Gasteiger partial charge in [-0.15, -0.1) is 11.6 Å². The van der Waals surface area contributed by atoms with Gasteiger partial charge in [-0.1, -0.05) is 13.0 Å². The molecule has 3 N–H and O–H groups in total. The van der Waals surface area contributed by atoms with Crippen LogP contribution in [0.2, 0.25) is 0 Å². The number of hydrogen-bond donors (Lipinski definition) is 2. The summed E-state index contributed by atoms with van der Waals surface area (Å²) in [6, 6.07) is 4.71. The number of halogens is 1. The van der Waals surface area contributed by atoms with Gasteiger partial charge < -0.3 is 10.1 Å². The topological polar surface area (TPSA) is 98.5 Å². The lowest BCUT2D eigenvalue weighted by molar-refractivity contribution is -0.118. The summed E-state index contributed by atoms with van der Waals surface area (Å²) in [5.74, 6) is -0.293. The van der Waals surface area contributed by atoms with Gasteiger partial charge in [0.25, 0.3) is 0 Å². The van der Waals surface area contributed by atoms with Crippen molar-refractivity contribution in [2.75, 3.05) is 19.5 Å². The highest BCUT2D eigenvalue weighted by molar-refractivity contribution is 7.89. The molecule has 112 valence electrons. The molecule has 0 saturated carbocycles. The summed E-state index contributed by atoms with van der Waals surface area (Å²) < 4.78 is 28.0. The molecule has 8 heteroatoms. The number of hydrogen-bond acceptors (Lipinski definition) is 4. The lowest BCUT2D eigenvalue weighted by Crippen LogP contribution is -2.28. The quantitative estimate of drug-likeness (QED) is 0.757. The fourth-order valence-electron chi connectivity index (χ4n) is 1.65. The van der Waals surface area contributed by atoms with Crippen molar-refractivity contribution < 1.29 is 17.9 Å². The van der Waals surface area contributed by atoms with E-state index in [1.54, 1.807) is 6.07 Å². The SMILES string of the molecule is COc1ccc(C(C)CNC(=O)CCl)cc1S(N)(=O)=O. The molecular formula is C12H17ClN2O4S. The zero-order valence-electron chi connectivity index (χ0n) is 11.2. The summed E-state index contributed by atoms with van der Waals surface area (Å²) >= 11 is 5.38. The summed E-state index contributed by atoms with van der Waals surface area (Å²) in [4.78, 5) is 11.0. The van der Waals surface area contributed by atoms with Crippen LogP contribution in [0.15, 0.2) is 23.1 Å². The fourth-order valence-corrected chi connectivity index (χ4v) is 2.48. The maximum atomic E-state index is 11.5. The lowest BCUT2D eigenvalue weighted by Gasteiger charge is -2.15. The van der Waals surface area contributed by atoms with E-state index in [1.165, 1.54) is 19.2 Å². The van der Waals surface area contributed by atoms with Gasteiger partial charge in [0, 0.05) is 6.54 Å². The molecule has 0 fully saturated rings. The second-order valence-corrected chi connectivity index (χ2v) is 6.09. The normalized spacial score (nSPS) is 12.8. The number of sulfonamides is 1. The van der Waals surface area contributed by atoms with E-state index in [0.717, 1.165) is 5.56 Å². The number of carbonyl (C=O) groups excluding carboxylic acids is 1. The first-order valence-corrected chi connectivity index (χ1v) is 7.91. The number of nitrogens with one attached hydrogen (secondary N) is 1. The number of alkyl halides is 1. The Labute approximate surface area is 123 Å². The highest BCUT2D eigenvalue weighted by atomic mass is 35.5. The Kier molecular flexibility index (Phi) is 5.79. The van der Waals surface area contributed by atoms with E-state index in [-0.39, 0.29) is 28.4 Å². The Morgan fingerprint density at radius 2 is 2.15 bits per heavy atom. The smallest absolute Gasteiger partial charge is 0.241 e. The van der Waals surface area contributed by atoms with Crippen molar-refractivity contribution in [3.05, 3.63) is 23.8 Å². The van der Waals surface area contributed by atoms with Crippen molar-refractivity contribution in [1.82, 2.24) is 5.32 Å². The van der Waals surface area contributed by atoms with Crippen LogP contribution in [0.4, 0.5) is 0 Å². The molecule has 1 atom stereocenters. The maximum Gasteiger partial charge on any atom is 0.241 e. The number of primary sulfonamides is 1. The van der Waals surface area contributed by atoms with Gasteiger partial charge >= 0.3 is 0 Å². The molecule has 0 aromatic heterocycles. The van der Waals surface area contributed by atoms with Gasteiger partial charge in [-0.25, -0.2) is 13.6 Å². The molecule has 1 aromatic carbocycles. The fraction of sp³-hybridized carbons (Fsp3) is 0.417. The zero-order valence-corrected chi connectivity index (χ0v) is 12.8. The summed E-state index contributed by atoms with van der Waals surface area (Å²) in [6.45, 7) is 2.20. The Hall–Kier alpha value is -1.31. The average Bonchev–Trinajstić information content (AvgIpc) is 2.42. The first-order chi connectivity index (χ1) is 9.29. The van der Waals surface area contributed by atoms with Crippen molar-refractivity contribution in [3.8, 4) is 5.75 Å². The number of amides is 1. The second kappa shape index (κ2) is 6.92. The Morgan fingerprint density at radius 3 is 2.65 bits per heavy atom. The summed E-state index contributed by atoms with van der Waals surface area (Å²) in [5, 5.41) is 7.79. The third-order valence-electron chi connectivity index (χ3n) is 2.79. The number of nitrogens with two attached hydrogens (primary N) is 1. The Bertz CT molecular complexity index is 589. The Balaban J connectivity index is 3.00. The highest BCUT2D eigenvalue weighted by Gasteiger charge is 2.17. The minimum atomic E-state index is -3.87. The molecule has 20 heavy (non-hydrogen) atoms. The molecule has 0 aliphatic heterocycles. The molecule has 0 heterocycles. The van der Waals surface area contributed by atoms with Gasteiger partial charge in [0.1, 0.15) is 16.5 Å². The maximum absolute atomic E-state index is 11.5. The molecule has 1 aromatic rings. The number of benzene rings is 1. The van der Waals surface area contributed by atoms with Crippen LogP contribution in [0.25, 0.3) is 0 Å². The van der Waals surface area contributed by atoms with E-state index in [1.807, 2.05) is 6.92 Å². The molecule has 0 spiro atoms. The predicted octanol–water partition coefficient (Wildman–Crippen LogP) is 0.801. The van der Waals surface area contributed by atoms with E-state index in [4.69, 9.17) is 21.5 Å². The lowest BCUT2D eigenvalue weighted by atomic mass is 10.0. The van der Waals surface area contributed by atoms with Crippen LogP contribution >= 0.6 is 11.6 Å². The van der Waals surface area contributed by atoms with E-state index >= 15 is 0 Å². The average molecular weight is 321 g/mol. The summed E-state index contributed by atoms with van der Waals surface area (Å²) in [6.07, 6.45) is 0. The number of methoxy groups -OCH3 is 1. The molecule has 0 bridgehead atoms. The molecule has 0 saturated heterocycles. The van der Waals surface area contributed by atoms with Gasteiger partial charge in [0.15, 0.2) is 0 Å². The first kappa shape index (κ1) is 16.7. The van der Waals surface area contributed by atoms with Crippen molar-refractivity contribution in [1.29, 1.82) is 0 Å². The second-order valence-electron chi connectivity index (χ2n) is 4.29. The molecule has 6 nitrogen and oxygen atoms in total. The van der Waals surface area contributed by atoms with Crippen LogP contribution in [0.5, 0.6) is 5.75 Å². The molecule has 0 aliphatic rings. The van der Waals surface area contributed by atoms with Crippen LogP contribution in [0.3, 0.4) is 0 Å². The van der Waals surface area contributed by atoms with Crippen molar-refractivity contribution in [2.24, 2.45) is 5.14 Å². The number of rotatable bonds is 6. The number of carbonyl (C=O) groups is 1. The molecule has 1 unspecified atom stereocenters. The summed E-state index contributed by atoms with van der Waals surface area (Å²) in [7, 11) is -2.50. The van der Waals surface area contributed by atoms with Gasteiger partial charge in [0.2, 0.25) is 15.9 Å². The van der Waals surface area contributed by atoms with Crippen LogP contribution < -0.4 is 15.2 Å². The van der Waals surface area contributed by atoms with Gasteiger partial charge in [0.05, 0.1) is 7.11 Å². The standard InChI is InChI=1S/C12H17ClN2O4S/c1-8(7-15-12(16)6-13)9-3-4-10(19-2)11(5-9)20(14,17)18/h3-5,8H,6-7H2,1-2H3,(H,15,16)(H2,14,17,18). The van der Waals surface area contributed by atoms with Gasteiger partial charge in [-0.2, -0.15) is 0 Å². The molecule has 1 rings (SSSR count). The van der Waals surface area contributed by atoms with Gasteiger partial charge in [-0.05, 0) is 23.6 Å². The van der Waals surface area contributed by atoms with Crippen molar-refractivity contribution in [3.63, 3.8) is 0 Å². The van der Waals surface area contributed by atoms with Gasteiger partial charge in [-0.3, -0.25) is 4.79 Å². The first-order valence-electron chi connectivity index (χ1n) is 5.83. The van der Waals surface area contributed by atoms with Crippen molar-refractivity contribution in [2.45, 2.75) is 17.7 Å². The van der Waals surface area contributed by atoms with Crippen molar-refractivity contribution >= 4 is 27.5 Å². The summed E-state index contributed by atoms with van der Waals surface area (Å²) in [5.41, 5.74) is 0.727. The van der Waals surface area contributed by atoms with E-state index in [9.17, 15) is 13.2 Å². The molecular weight excluding hydrogens is 304 g/mol. The molecule has 0 radical (unpaired) electrons. The van der Waals surface area contributed by atoms with E-state index in [2.05, 4.69) is 5.32 Å². The Morgan fingerprint density at radius 1 is 1.50 bits per heavy atom. The highest BCUT2D eigenvalue weighted by Crippen LogP contribution is 2.27. The minimum Gasteiger partial charge on any atom is -0.495 e. The van der Waals surface area contributed by atoms with Crippen LogP contribution in [-0.2, 0) is 14.8 Å². The van der Waals surface area contributed by atoms with Crippen LogP contribution in [0.1, 0.15) is 18.4 Å².